The molecule has 0 aliphatic heterocycles. The van der Waals surface area contributed by atoms with E-state index in [2.05, 4.69) is 17.2 Å². The number of fused-ring (bicyclic) bond motifs is 1. The van der Waals surface area contributed by atoms with E-state index in [4.69, 9.17) is 0 Å². The molecule has 1 aromatic carbocycles. The van der Waals surface area contributed by atoms with Crippen molar-refractivity contribution in [2.24, 2.45) is 11.8 Å². The van der Waals surface area contributed by atoms with Gasteiger partial charge in [-0.05, 0) is 62.6 Å². The summed E-state index contributed by atoms with van der Waals surface area (Å²) >= 11 is 1.34. The third kappa shape index (κ3) is 6.08. The lowest BCUT2D eigenvalue weighted by atomic mass is 9.79. The number of carbonyl (C=O) groups excluding carboxylic acids is 1. The number of nitrogens with zero attached hydrogens (tertiary/aromatic N) is 2. The fraction of sp³-hybridized carbons (Fsp3) is 0.667. The van der Waals surface area contributed by atoms with E-state index in [9.17, 15) is 13.2 Å². The Kier molecular flexibility index (Phi) is 9.08. The largest absolute Gasteiger partial charge is 0.302 e. The normalized spacial score (nSPS) is 19.5. The topological polar surface area (TPSA) is 79.4 Å². The average molecular weight is 480 g/mol. The molecule has 1 amide bonds. The van der Waals surface area contributed by atoms with Crippen molar-refractivity contribution in [2.45, 2.75) is 83.5 Å². The van der Waals surface area contributed by atoms with Gasteiger partial charge in [0.2, 0.25) is 15.9 Å². The van der Waals surface area contributed by atoms with Crippen molar-refractivity contribution in [3.63, 3.8) is 0 Å². The summed E-state index contributed by atoms with van der Waals surface area (Å²) in [7, 11) is -3.53. The third-order valence-corrected chi connectivity index (χ3v) is 9.19. The van der Waals surface area contributed by atoms with Crippen molar-refractivity contribution in [2.75, 3.05) is 18.4 Å². The van der Waals surface area contributed by atoms with Gasteiger partial charge in [-0.3, -0.25) is 4.79 Å². The summed E-state index contributed by atoms with van der Waals surface area (Å²) in [5.41, 5.74) is 0.713. The predicted molar refractivity (Wildman–Crippen MR) is 133 cm³/mol. The maximum atomic E-state index is 13.1. The first-order valence-electron chi connectivity index (χ1n) is 12.1. The van der Waals surface area contributed by atoms with Crippen LogP contribution in [-0.2, 0) is 14.8 Å². The zero-order chi connectivity index (χ0) is 23.1. The molecular formula is C24H37N3O3S2. The number of aromatic nitrogens is 1. The van der Waals surface area contributed by atoms with Gasteiger partial charge in [-0.15, -0.1) is 0 Å². The molecular weight excluding hydrogens is 442 g/mol. The molecule has 8 heteroatoms. The number of sulfonamides is 1. The lowest BCUT2D eigenvalue weighted by Gasteiger charge is -2.27. The molecule has 1 fully saturated rings. The second-order valence-corrected chi connectivity index (χ2v) is 11.9. The van der Waals surface area contributed by atoms with Crippen LogP contribution in [0.25, 0.3) is 10.2 Å². The summed E-state index contributed by atoms with van der Waals surface area (Å²) in [6, 6.07) is 5.05. The van der Waals surface area contributed by atoms with Gasteiger partial charge in [0, 0.05) is 19.0 Å². The number of carbonyl (C=O) groups is 1. The molecule has 2 aromatic rings. The molecule has 1 aliphatic carbocycles. The van der Waals surface area contributed by atoms with Crippen LogP contribution in [0.5, 0.6) is 0 Å². The Balaban J connectivity index is 1.68. The van der Waals surface area contributed by atoms with Crippen LogP contribution in [-0.4, -0.2) is 36.7 Å². The van der Waals surface area contributed by atoms with Crippen molar-refractivity contribution < 1.29 is 13.2 Å². The first kappa shape index (κ1) is 25.1. The number of unbranched alkanes of at least 4 members (excludes halogenated alkanes) is 1. The quantitative estimate of drug-likeness (QED) is 0.426. The Morgan fingerprint density at radius 3 is 2.41 bits per heavy atom. The summed E-state index contributed by atoms with van der Waals surface area (Å²) in [6.07, 6.45) is 9.49. The fourth-order valence-corrected chi connectivity index (χ4v) is 7.17. The highest BCUT2D eigenvalue weighted by Gasteiger charge is 2.27. The molecule has 178 valence electrons. The third-order valence-electron chi connectivity index (χ3n) is 6.36. The number of hydrogen-bond acceptors (Lipinski definition) is 5. The molecule has 0 atom stereocenters. The lowest BCUT2D eigenvalue weighted by Crippen LogP contribution is -2.32. The Morgan fingerprint density at radius 2 is 1.78 bits per heavy atom. The number of amides is 1. The van der Waals surface area contributed by atoms with E-state index in [1.54, 1.807) is 22.5 Å². The standard InChI is InChI=1S/C24H37N3O3S2/c1-4-7-8-18-9-11-19(12-10-18)23(28)26-24-25-21-14-13-20(17-22(21)31-24)32(29,30)27(15-5-2)16-6-3/h13-14,17-19H,4-12,15-16H2,1-3H3,(H,25,26,28). The molecule has 1 heterocycles. The second kappa shape index (κ2) is 11.6. The van der Waals surface area contributed by atoms with Gasteiger partial charge < -0.3 is 5.32 Å². The molecule has 3 rings (SSSR count). The Bertz CT molecular complexity index is 989. The molecule has 1 N–H and O–H groups in total. The van der Waals surface area contributed by atoms with Crippen LogP contribution in [0.4, 0.5) is 5.13 Å². The van der Waals surface area contributed by atoms with Crippen LogP contribution in [0.2, 0.25) is 0 Å². The van der Waals surface area contributed by atoms with Crippen LogP contribution in [0.1, 0.15) is 78.6 Å². The first-order chi connectivity index (χ1) is 15.4. The maximum Gasteiger partial charge on any atom is 0.243 e. The van der Waals surface area contributed by atoms with E-state index in [-0.39, 0.29) is 11.8 Å². The monoisotopic (exact) mass is 479 g/mol. The number of rotatable bonds is 11. The molecule has 1 aromatic heterocycles. The maximum absolute atomic E-state index is 13.1. The summed E-state index contributed by atoms with van der Waals surface area (Å²) in [6.45, 7) is 7.22. The van der Waals surface area contributed by atoms with Crippen molar-refractivity contribution in [1.29, 1.82) is 0 Å². The number of anilines is 1. The second-order valence-electron chi connectivity index (χ2n) is 8.90. The number of benzene rings is 1. The Morgan fingerprint density at radius 1 is 1.09 bits per heavy atom. The zero-order valence-electron chi connectivity index (χ0n) is 19.6. The molecule has 1 aliphatic rings. The first-order valence-corrected chi connectivity index (χ1v) is 14.4. The van der Waals surface area contributed by atoms with E-state index in [1.807, 2.05) is 13.8 Å². The van der Waals surface area contributed by atoms with E-state index in [1.165, 1.54) is 30.6 Å². The minimum Gasteiger partial charge on any atom is -0.302 e. The highest BCUT2D eigenvalue weighted by molar-refractivity contribution is 7.89. The zero-order valence-corrected chi connectivity index (χ0v) is 21.2. The average Bonchev–Trinajstić information content (AvgIpc) is 3.19. The van der Waals surface area contributed by atoms with Gasteiger partial charge >= 0.3 is 0 Å². The molecule has 0 spiro atoms. The molecule has 0 unspecified atom stereocenters. The number of nitrogens with one attached hydrogen (secondary N) is 1. The smallest absolute Gasteiger partial charge is 0.243 e. The summed E-state index contributed by atoms with van der Waals surface area (Å²) < 4.78 is 28.5. The van der Waals surface area contributed by atoms with E-state index >= 15 is 0 Å². The minimum absolute atomic E-state index is 0.0444. The lowest BCUT2D eigenvalue weighted by molar-refractivity contribution is -0.121. The summed E-state index contributed by atoms with van der Waals surface area (Å²) in [4.78, 5) is 17.6. The Hall–Kier alpha value is -1.51. The van der Waals surface area contributed by atoms with Gasteiger partial charge in [0.1, 0.15) is 0 Å². The van der Waals surface area contributed by atoms with Gasteiger partial charge in [0.15, 0.2) is 5.13 Å². The van der Waals surface area contributed by atoms with E-state index in [0.717, 1.165) is 49.1 Å². The van der Waals surface area contributed by atoms with Gasteiger partial charge in [0.05, 0.1) is 15.1 Å². The molecule has 0 bridgehead atoms. The van der Waals surface area contributed by atoms with Crippen LogP contribution in [0.15, 0.2) is 23.1 Å². The van der Waals surface area contributed by atoms with Gasteiger partial charge in [-0.2, -0.15) is 4.31 Å². The van der Waals surface area contributed by atoms with Crippen LogP contribution in [0.3, 0.4) is 0 Å². The van der Waals surface area contributed by atoms with Gasteiger partial charge in [-0.25, -0.2) is 13.4 Å². The van der Waals surface area contributed by atoms with Crippen LogP contribution < -0.4 is 5.32 Å². The molecule has 32 heavy (non-hydrogen) atoms. The summed E-state index contributed by atoms with van der Waals surface area (Å²) in [5, 5.41) is 3.54. The molecule has 6 nitrogen and oxygen atoms in total. The minimum atomic E-state index is -3.53. The van der Waals surface area contributed by atoms with Gasteiger partial charge in [0.25, 0.3) is 0 Å². The van der Waals surface area contributed by atoms with Crippen LogP contribution in [0, 0.1) is 11.8 Å². The number of thiazole rings is 1. The van der Waals surface area contributed by atoms with E-state index < -0.39 is 10.0 Å². The highest BCUT2D eigenvalue weighted by atomic mass is 32.2. The van der Waals surface area contributed by atoms with Crippen molar-refractivity contribution >= 4 is 42.6 Å². The molecule has 1 saturated carbocycles. The molecule has 0 radical (unpaired) electrons. The summed E-state index contributed by atoms with van der Waals surface area (Å²) in [5.74, 6) is 0.859. The Labute approximate surface area is 196 Å². The van der Waals surface area contributed by atoms with Crippen LogP contribution >= 0.6 is 11.3 Å². The SMILES string of the molecule is CCCCC1CCC(C(=O)Nc2nc3ccc(S(=O)(=O)N(CCC)CCC)cc3s2)CC1. The van der Waals surface area contributed by atoms with Crippen molar-refractivity contribution in [1.82, 2.24) is 9.29 Å². The fourth-order valence-electron chi connectivity index (χ4n) is 4.53. The highest BCUT2D eigenvalue weighted by Crippen LogP contribution is 2.34. The van der Waals surface area contributed by atoms with Gasteiger partial charge in [-0.1, -0.05) is 51.4 Å². The molecule has 0 saturated heterocycles. The predicted octanol–water partition coefficient (Wildman–Crippen LogP) is 6.04. The van der Waals surface area contributed by atoms with Crippen molar-refractivity contribution in [3.05, 3.63) is 18.2 Å². The van der Waals surface area contributed by atoms with Crippen molar-refractivity contribution in [3.8, 4) is 0 Å². The number of hydrogen-bond donors (Lipinski definition) is 1. The van der Waals surface area contributed by atoms with E-state index in [0.29, 0.717) is 28.6 Å².